The van der Waals surface area contributed by atoms with Crippen LogP contribution in [0, 0.1) is 5.92 Å². The van der Waals surface area contributed by atoms with E-state index in [0.717, 1.165) is 18.5 Å². The third-order valence-electron chi connectivity index (χ3n) is 3.83. The van der Waals surface area contributed by atoms with E-state index in [-0.39, 0.29) is 23.6 Å². The molecule has 0 saturated carbocycles. The van der Waals surface area contributed by atoms with Crippen molar-refractivity contribution in [2.75, 3.05) is 26.8 Å². The predicted octanol–water partition coefficient (Wildman–Crippen LogP) is 1.37. The number of para-hydroxylation sites is 1. The number of phenols is 1. The quantitative estimate of drug-likeness (QED) is 0.831. The van der Waals surface area contributed by atoms with Crippen molar-refractivity contribution in [3.8, 4) is 5.75 Å². The van der Waals surface area contributed by atoms with Crippen LogP contribution in [0.15, 0.2) is 24.3 Å². The molecule has 5 nitrogen and oxygen atoms in total. The first-order chi connectivity index (χ1) is 10.1. The van der Waals surface area contributed by atoms with Crippen LogP contribution in [0.1, 0.15) is 18.9 Å². The van der Waals surface area contributed by atoms with Crippen molar-refractivity contribution < 1.29 is 14.6 Å². The summed E-state index contributed by atoms with van der Waals surface area (Å²) in [7, 11) is 1.77. The number of nitrogens with one attached hydrogen (secondary N) is 1. The Balaban J connectivity index is 1.97. The minimum Gasteiger partial charge on any atom is -0.508 e. The molecule has 1 saturated heterocycles. The lowest BCUT2D eigenvalue weighted by Crippen LogP contribution is -2.44. The lowest BCUT2D eigenvalue weighted by Gasteiger charge is -2.24. The summed E-state index contributed by atoms with van der Waals surface area (Å²) in [5, 5.41) is 13.2. The van der Waals surface area contributed by atoms with Crippen molar-refractivity contribution in [1.82, 2.24) is 10.2 Å². The summed E-state index contributed by atoms with van der Waals surface area (Å²) in [6.45, 7) is 4.44. The number of ether oxygens (including phenoxy) is 1. The van der Waals surface area contributed by atoms with Crippen LogP contribution in [0.2, 0.25) is 0 Å². The van der Waals surface area contributed by atoms with Crippen molar-refractivity contribution in [3.63, 3.8) is 0 Å². The van der Waals surface area contributed by atoms with Crippen LogP contribution in [-0.4, -0.2) is 48.8 Å². The van der Waals surface area contributed by atoms with E-state index >= 15 is 0 Å². The maximum atomic E-state index is 12.6. The molecule has 5 heteroatoms. The zero-order valence-corrected chi connectivity index (χ0v) is 12.7. The van der Waals surface area contributed by atoms with E-state index < -0.39 is 0 Å². The van der Waals surface area contributed by atoms with Gasteiger partial charge in [-0.1, -0.05) is 25.1 Å². The Morgan fingerprint density at radius 2 is 2.19 bits per heavy atom. The monoisotopic (exact) mass is 292 g/mol. The molecule has 116 valence electrons. The molecule has 21 heavy (non-hydrogen) atoms. The van der Waals surface area contributed by atoms with Gasteiger partial charge in [-0.15, -0.1) is 0 Å². The number of rotatable bonds is 6. The summed E-state index contributed by atoms with van der Waals surface area (Å²) in [5.74, 6) is 0.136. The molecule has 1 aromatic carbocycles. The Hall–Kier alpha value is -1.59. The highest BCUT2D eigenvalue weighted by atomic mass is 16.5. The zero-order chi connectivity index (χ0) is 15.2. The van der Waals surface area contributed by atoms with E-state index in [4.69, 9.17) is 4.74 Å². The van der Waals surface area contributed by atoms with E-state index in [1.165, 1.54) is 0 Å². The largest absolute Gasteiger partial charge is 0.508 e. The molecular formula is C16H24N2O3. The number of nitrogens with zero attached hydrogens (tertiary/aromatic N) is 1. The number of carbonyl (C=O) groups is 1. The molecule has 1 heterocycles. The summed E-state index contributed by atoms with van der Waals surface area (Å²) in [5.41, 5.74) is 0.755. The molecule has 1 fully saturated rings. The zero-order valence-electron chi connectivity index (χ0n) is 12.7. The highest BCUT2D eigenvalue weighted by molar-refractivity contribution is 5.79. The summed E-state index contributed by atoms with van der Waals surface area (Å²) >= 11 is 0. The molecule has 1 aromatic rings. The normalized spacial score (nSPS) is 21.4. The van der Waals surface area contributed by atoms with Gasteiger partial charge in [0.1, 0.15) is 5.75 Å². The van der Waals surface area contributed by atoms with Crippen molar-refractivity contribution >= 4 is 5.91 Å². The average molecular weight is 292 g/mol. The molecule has 0 spiro atoms. The Morgan fingerprint density at radius 1 is 1.43 bits per heavy atom. The van der Waals surface area contributed by atoms with E-state index in [2.05, 4.69) is 12.2 Å². The Bertz CT molecular complexity index is 478. The van der Waals surface area contributed by atoms with Gasteiger partial charge in [-0.2, -0.15) is 0 Å². The standard InChI is InChI=1S/C16H24N2O3/c1-3-8-17-14-11-21-10-13(14)16(20)18(2)9-12-6-4-5-7-15(12)19/h4-7,13-14,17,19H,3,8-11H2,1-2H3. The summed E-state index contributed by atoms with van der Waals surface area (Å²) < 4.78 is 5.45. The number of phenolic OH excluding ortho intramolecular Hbond substituents is 1. The van der Waals surface area contributed by atoms with E-state index in [0.29, 0.717) is 19.8 Å². The first-order valence-corrected chi connectivity index (χ1v) is 7.46. The minimum atomic E-state index is -0.146. The third kappa shape index (κ3) is 3.95. The number of hydrogen-bond donors (Lipinski definition) is 2. The summed E-state index contributed by atoms with van der Waals surface area (Å²) in [6, 6.07) is 7.19. The highest BCUT2D eigenvalue weighted by Gasteiger charge is 2.35. The number of benzene rings is 1. The van der Waals surface area contributed by atoms with E-state index in [1.54, 1.807) is 24.1 Å². The lowest BCUT2D eigenvalue weighted by molar-refractivity contribution is -0.135. The van der Waals surface area contributed by atoms with Gasteiger partial charge in [-0.25, -0.2) is 0 Å². The molecule has 2 unspecified atom stereocenters. The van der Waals surface area contributed by atoms with Crippen LogP contribution in [0.25, 0.3) is 0 Å². The first-order valence-electron chi connectivity index (χ1n) is 7.46. The minimum absolute atomic E-state index is 0.0596. The molecule has 2 rings (SSSR count). The van der Waals surface area contributed by atoms with Gasteiger partial charge in [0.05, 0.1) is 19.1 Å². The second kappa shape index (κ2) is 7.43. The SMILES string of the molecule is CCCNC1COCC1C(=O)N(C)Cc1ccccc1O. The second-order valence-electron chi connectivity index (χ2n) is 5.53. The molecular weight excluding hydrogens is 268 g/mol. The van der Waals surface area contributed by atoms with Crippen LogP contribution in [-0.2, 0) is 16.1 Å². The molecule has 2 atom stereocenters. The second-order valence-corrected chi connectivity index (χ2v) is 5.53. The van der Waals surface area contributed by atoms with Crippen LogP contribution in [0.3, 0.4) is 0 Å². The Labute approximate surface area is 125 Å². The highest BCUT2D eigenvalue weighted by Crippen LogP contribution is 2.21. The van der Waals surface area contributed by atoms with Crippen LogP contribution < -0.4 is 5.32 Å². The molecule has 2 N–H and O–H groups in total. The van der Waals surface area contributed by atoms with Gasteiger partial charge in [0.15, 0.2) is 0 Å². The fraction of sp³-hybridized carbons (Fsp3) is 0.562. The molecule has 0 radical (unpaired) electrons. The average Bonchev–Trinajstić information content (AvgIpc) is 2.95. The van der Waals surface area contributed by atoms with Gasteiger partial charge in [0.25, 0.3) is 0 Å². The van der Waals surface area contributed by atoms with Gasteiger partial charge < -0.3 is 20.1 Å². The number of amides is 1. The van der Waals surface area contributed by atoms with E-state index in [9.17, 15) is 9.90 Å². The van der Waals surface area contributed by atoms with Crippen molar-refractivity contribution in [2.45, 2.75) is 25.9 Å². The number of aromatic hydroxyl groups is 1. The lowest BCUT2D eigenvalue weighted by atomic mass is 10.0. The maximum absolute atomic E-state index is 12.6. The molecule has 1 amide bonds. The van der Waals surface area contributed by atoms with Crippen LogP contribution >= 0.6 is 0 Å². The van der Waals surface area contributed by atoms with Crippen LogP contribution in [0.4, 0.5) is 0 Å². The maximum Gasteiger partial charge on any atom is 0.229 e. The first kappa shape index (κ1) is 15.8. The topological polar surface area (TPSA) is 61.8 Å². The summed E-state index contributed by atoms with van der Waals surface area (Å²) in [4.78, 5) is 14.2. The fourth-order valence-electron chi connectivity index (χ4n) is 2.59. The Kier molecular flexibility index (Phi) is 5.59. The number of hydrogen-bond acceptors (Lipinski definition) is 4. The van der Waals surface area contributed by atoms with Gasteiger partial charge >= 0.3 is 0 Å². The molecule has 0 bridgehead atoms. The molecule has 0 aromatic heterocycles. The van der Waals surface area contributed by atoms with Gasteiger partial charge in [-0.05, 0) is 19.0 Å². The van der Waals surface area contributed by atoms with Crippen LogP contribution in [0.5, 0.6) is 5.75 Å². The predicted molar refractivity (Wildman–Crippen MR) is 81.0 cm³/mol. The van der Waals surface area contributed by atoms with Gasteiger partial charge in [0, 0.05) is 25.2 Å². The third-order valence-corrected chi connectivity index (χ3v) is 3.83. The van der Waals surface area contributed by atoms with Crippen molar-refractivity contribution in [3.05, 3.63) is 29.8 Å². The summed E-state index contributed by atoms with van der Waals surface area (Å²) in [6.07, 6.45) is 1.03. The molecule has 0 aliphatic carbocycles. The van der Waals surface area contributed by atoms with Gasteiger partial charge in [-0.3, -0.25) is 4.79 Å². The number of carbonyl (C=O) groups excluding carboxylic acids is 1. The molecule has 1 aliphatic heterocycles. The Morgan fingerprint density at radius 3 is 2.90 bits per heavy atom. The van der Waals surface area contributed by atoms with Crippen molar-refractivity contribution in [1.29, 1.82) is 0 Å². The van der Waals surface area contributed by atoms with E-state index in [1.807, 2.05) is 12.1 Å². The van der Waals surface area contributed by atoms with Gasteiger partial charge in [0.2, 0.25) is 5.91 Å². The fourth-order valence-corrected chi connectivity index (χ4v) is 2.59. The molecule has 1 aliphatic rings. The smallest absolute Gasteiger partial charge is 0.229 e. The van der Waals surface area contributed by atoms with Crippen molar-refractivity contribution in [2.24, 2.45) is 5.92 Å².